The lowest BCUT2D eigenvalue weighted by Gasteiger charge is -2.42. The summed E-state index contributed by atoms with van der Waals surface area (Å²) < 4.78 is 37.1. The molecule has 0 saturated heterocycles. The van der Waals surface area contributed by atoms with Gasteiger partial charge in [0.05, 0.1) is 5.56 Å². The summed E-state index contributed by atoms with van der Waals surface area (Å²) in [6.07, 6.45) is 7.21. The summed E-state index contributed by atoms with van der Waals surface area (Å²) in [6, 6.07) is 6.24. The number of alkyl halides is 2. The third-order valence-corrected chi connectivity index (χ3v) is 7.29. The molecule has 1 N–H and O–H groups in total. The maximum Gasteiger partial charge on any atom is 0.378 e. The highest BCUT2D eigenvalue weighted by atomic mass is 19.3. The van der Waals surface area contributed by atoms with Crippen molar-refractivity contribution < 1.29 is 33.0 Å². The molecule has 3 fully saturated rings. The number of hydrogen-bond acceptors (Lipinski definition) is 4. The van der Waals surface area contributed by atoms with Crippen molar-refractivity contribution in [1.82, 2.24) is 0 Å². The molecule has 3 aliphatic rings. The van der Waals surface area contributed by atoms with Gasteiger partial charge in [-0.3, -0.25) is 0 Å². The Morgan fingerprint density at radius 1 is 1.21 bits per heavy atom. The third-order valence-electron chi connectivity index (χ3n) is 7.29. The molecule has 5 unspecified atom stereocenters. The van der Waals surface area contributed by atoms with Crippen LogP contribution in [0.4, 0.5) is 8.78 Å². The number of esters is 1. The second-order valence-corrected chi connectivity index (χ2v) is 8.70. The van der Waals surface area contributed by atoms with Crippen LogP contribution in [-0.4, -0.2) is 35.2 Å². The molecule has 5 nitrogen and oxygen atoms in total. The van der Waals surface area contributed by atoms with Gasteiger partial charge in [0.1, 0.15) is 11.4 Å². The third kappa shape index (κ3) is 3.49. The predicted octanol–water partition coefficient (Wildman–Crippen LogP) is 4.55. The predicted molar refractivity (Wildman–Crippen MR) is 100 cm³/mol. The zero-order valence-corrected chi connectivity index (χ0v) is 16.4. The van der Waals surface area contributed by atoms with Crippen molar-refractivity contribution in [3.05, 3.63) is 29.8 Å². The number of ether oxygens (including phenoxy) is 2. The lowest BCUT2D eigenvalue weighted by atomic mass is 9.71. The first-order chi connectivity index (χ1) is 13.8. The Labute approximate surface area is 168 Å². The number of carbonyl (C=O) groups excluding carboxylic acids is 1. The maximum absolute atomic E-state index is 13.1. The van der Waals surface area contributed by atoms with Gasteiger partial charge in [0.2, 0.25) is 0 Å². The van der Waals surface area contributed by atoms with Gasteiger partial charge in [-0.05, 0) is 74.1 Å². The number of aliphatic carboxylic acids is 1. The Hall–Kier alpha value is -2.18. The molecular formula is C22H26F2O5. The second-order valence-electron chi connectivity index (χ2n) is 8.70. The van der Waals surface area contributed by atoms with Crippen molar-refractivity contribution in [2.75, 3.05) is 6.61 Å². The molecule has 29 heavy (non-hydrogen) atoms. The number of carbonyl (C=O) groups is 2. The number of fused-ring (bicyclic) bond motifs is 5. The molecule has 3 saturated carbocycles. The van der Waals surface area contributed by atoms with Gasteiger partial charge in [0.15, 0.2) is 6.61 Å². The Morgan fingerprint density at radius 2 is 1.90 bits per heavy atom. The van der Waals surface area contributed by atoms with Gasteiger partial charge in [0.25, 0.3) is 0 Å². The number of benzene rings is 1. The van der Waals surface area contributed by atoms with Crippen molar-refractivity contribution in [2.45, 2.75) is 57.0 Å². The maximum atomic E-state index is 13.1. The first-order valence-corrected chi connectivity index (χ1v) is 10.3. The van der Waals surface area contributed by atoms with Crippen molar-refractivity contribution >= 4 is 11.9 Å². The molecule has 2 bridgehead atoms. The van der Waals surface area contributed by atoms with Crippen LogP contribution < -0.4 is 4.74 Å². The fraction of sp³-hybridized carbons (Fsp3) is 0.636. The minimum absolute atomic E-state index is 0.0767. The molecule has 1 aromatic carbocycles. The van der Waals surface area contributed by atoms with E-state index in [9.17, 15) is 18.4 Å². The molecule has 158 valence electrons. The topological polar surface area (TPSA) is 72.8 Å². The highest BCUT2D eigenvalue weighted by Gasteiger charge is 2.61. The number of halogens is 2. The summed E-state index contributed by atoms with van der Waals surface area (Å²) in [5.41, 5.74) is -0.0882. The first kappa shape index (κ1) is 20.1. The summed E-state index contributed by atoms with van der Waals surface area (Å²) in [5, 5.41) is 8.39. The van der Waals surface area contributed by atoms with Crippen molar-refractivity contribution in [2.24, 2.45) is 23.7 Å². The lowest BCUT2D eigenvalue weighted by Crippen LogP contribution is -2.45. The van der Waals surface area contributed by atoms with E-state index in [1.807, 2.05) is 0 Å². The number of carboxylic acid groups (broad SMARTS) is 1. The highest BCUT2D eigenvalue weighted by Crippen LogP contribution is 2.64. The van der Waals surface area contributed by atoms with Crippen LogP contribution in [0.3, 0.4) is 0 Å². The molecule has 0 radical (unpaired) electrons. The molecule has 3 aliphatic carbocycles. The van der Waals surface area contributed by atoms with E-state index in [4.69, 9.17) is 9.84 Å². The highest BCUT2D eigenvalue weighted by molar-refractivity contribution is 5.89. The van der Waals surface area contributed by atoms with E-state index in [1.54, 1.807) is 12.1 Å². The minimum atomic E-state index is -4.11. The van der Waals surface area contributed by atoms with Crippen LogP contribution in [0.2, 0.25) is 0 Å². The van der Waals surface area contributed by atoms with Gasteiger partial charge in [-0.2, -0.15) is 8.78 Å². The van der Waals surface area contributed by atoms with Gasteiger partial charge < -0.3 is 14.6 Å². The Morgan fingerprint density at radius 3 is 2.55 bits per heavy atom. The number of rotatable bonds is 7. The Bertz CT molecular complexity index is 793. The van der Waals surface area contributed by atoms with Gasteiger partial charge in [-0.1, -0.05) is 13.3 Å². The van der Waals surface area contributed by atoms with Crippen molar-refractivity contribution in [3.8, 4) is 5.75 Å². The normalized spacial score (nSPS) is 32.8. The molecule has 7 heteroatoms. The molecular weight excluding hydrogens is 382 g/mol. The minimum Gasteiger partial charge on any atom is -0.487 e. The molecule has 0 amide bonds. The molecule has 4 rings (SSSR count). The molecule has 0 heterocycles. The van der Waals surface area contributed by atoms with E-state index in [-0.39, 0.29) is 11.2 Å². The molecule has 5 atom stereocenters. The summed E-state index contributed by atoms with van der Waals surface area (Å²) in [7, 11) is 0. The lowest BCUT2D eigenvalue weighted by molar-refractivity contribution is -0.170. The Kier molecular flexibility index (Phi) is 5.03. The smallest absolute Gasteiger partial charge is 0.378 e. The summed E-state index contributed by atoms with van der Waals surface area (Å²) in [4.78, 5) is 22.3. The van der Waals surface area contributed by atoms with Gasteiger partial charge in [0, 0.05) is 5.92 Å². The number of carboxylic acids is 1. The quantitative estimate of drug-likeness (QED) is 0.671. The molecule has 0 spiro atoms. The van der Waals surface area contributed by atoms with Crippen LogP contribution >= 0.6 is 0 Å². The van der Waals surface area contributed by atoms with Crippen LogP contribution in [0.15, 0.2) is 24.3 Å². The second kappa shape index (κ2) is 7.26. The van der Waals surface area contributed by atoms with Gasteiger partial charge >= 0.3 is 17.9 Å². The van der Waals surface area contributed by atoms with Crippen LogP contribution in [-0.2, 0) is 9.53 Å². The standard InChI is InChI=1S/C22H26F2O5/c1-2-21(11-14-10-18(21)17-5-3-4-16(14)17)29-15-8-6-13(7-9-15)19(25)28-12-22(23,24)20(26)27/h6-9,14,16-18H,2-5,10-12H2,1H3,(H,26,27). The van der Waals surface area contributed by atoms with E-state index in [0.717, 1.165) is 30.6 Å². The summed E-state index contributed by atoms with van der Waals surface area (Å²) >= 11 is 0. The SMILES string of the molecule is CCC1(Oc2ccc(C(=O)OCC(F)(F)C(=O)O)cc2)CC2CC1C1CCCC21. The van der Waals surface area contributed by atoms with E-state index in [1.165, 1.54) is 37.8 Å². The van der Waals surface area contributed by atoms with Crippen molar-refractivity contribution in [1.29, 1.82) is 0 Å². The van der Waals surface area contributed by atoms with Crippen LogP contribution in [0.25, 0.3) is 0 Å². The fourth-order valence-corrected chi connectivity index (χ4v) is 6.00. The summed E-state index contributed by atoms with van der Waals surface area (Å²) in [5.74, 6) is -3.81. The van der Waals surface area contributed by atoms with E-state index in [2.05, 4.69) is 11.7 Å². The zero-order chi connectivity index (χ0) is 20.8. The zero-order valence-electron chi connectivity index (χ0n) is 16.4. The van der Waals surface area contributed by atoms with E-state index in [0.29, 0.717) is 11.7 Å². The van der Waals surface area contributed by atoms with Crippen molar-refractivity contribution in [3.63, 3.8) is 0 Å². The van der Waals surface area contributed by atoms with Crippen LogP contribution in [0.1, 0.15) is 55.8 Å². The van der Waals surface area contributed by atoms with E-state index < -0.39 is 24.5 Å². The number of hydrogen-bond donors (Lipinski definition) is 1. The summed E-state index contributed by atoms with van der Waals surface area (Å²) in [6.45, 7) is 0.670. The average molecular weight is 408 g/mol. The molecule has 1 aromatic rings. The van der Waals surface area contributed by atoms with Gasteiger partial charge in [-0.15, -0.1) is 0 Å². The monoisotopic (exact) mass is 408 g/mol. The fourth-order valence-electron chi connectivity index (χ4n) is 6.00. The van der Waals surface area contributed by atoms with Gasteiger partial charge in [-0.25, -0.2) is 9.59 Å². The van der Waals surface area contributed by atoms with Crippen LogP contribution in [0, 0.1) is 23.7 Å². The molecule has 0 aliphatic heterocycles. The van der Waals surface area contributed by atoms with E-state index >= 15 is 0 Å². The Balaban J connectivity index is 1.41. The first-order valence-electron chi connectivity index (χ1n) is 10.3. The largest absolute Gasteiger partial charge is 0.487 e. The van der Waals surface area contributed by atoms with Crippen LogP contribution in [0.5, 0.6) is 5.75 Å². The molecule has 0 aromatic heterocycles. The average Bonchev–Trinajstić information content (AvgIpc) is 3.39.